The van der Waals surface area contributed by atoms with E-state index in [1.54, 1.807) is 0 Å². The van der Waals surface area contributed by atoms with Crippen molar-refractivity contribution in [1.29, 1.82) is 0 Å². The van der Waals surface area contributed by atoms with Gasteiger partial charge in [-0.15, -0.1) is 0 Å². The van der Waals surface area contributed by atoms with Crippen molar-refractivity contribution in [3.05, 3.63) is 42.2 Å². The van der Waals surface area contributed by atoms with Crippen molar-refractivity contribution in [3.8, 4) is 11.4 Å². The zero-order valence-electron chi connectivity index (χ0n) is 9.11. The molecule has 0 saturated carbocycles. The minimum atomic E-state index is 0.463. The van der Waals surface area contributed by atoms with Gasteiger partial charge in [0.15, 0.2) is 0 Å². The van der Waals surface area contributed by atoms with Gasteiger partial charge in [-0.2, -0.15) is 0 Å². The van der Waals surface area contributed by atoms with Gasteiger partial charge in [-0.1, -0.05) is 30.3 Å². The number of rotatable bonds is 2. The Hall–Kier alpha value is -1.61. The molecule has 0 radical (unpaired) electrons. The molecule has 1 aromatic carbocycles. The summed E-state index contributed by atoms with van der Waals surface area (Å²) >= 11 is 0. The summed E-state index contributed by atoms with van der Waals surface area (Å²) in [5.41, 5.74) is 2.35. The number of H-pyrrole nitrogens is 1. The monoisotopic (exact) mass is 213 g/mol. The third-order valence-electron chi connectivity index (χ3n) is 3.08. The van der Waals surface area contributed by atoms with Crippen LogP contribution in [0.2, 0.25) is 0 Å². The minimum Gasteiger partial charge on any atom is -0.341 e. The Labute approximate surface area is 94.9 Å². The van der Waals surface area contributed by atoms with Gasteiger partial charge < -0.3 is 10.3 Å². The number of aromatic amines is 1. The quantitative estimate of drug-likeness (QED) is 0.804. The summed E-state index contributed by atoms with van der Waals surface area (Å²) < 4.78 is 0. The van der Waals surface area contributed by atoms with Gasteiger partial charge in [0, 0.05) is 11.6 Å². The first kappa shape index (κ1) is 9.60. The van der Waals surface area contributed by atoms with Gasteiger partial charge in [0.25, 0.3) is 0 Å². The molecule has 3 heteroatoms. The Morgan fingerprint density at radius 1 is 1.19 bits per heavy atom. The zero-order valence-corrected chi connectivity index (χ0v) is 9.11. The Morgan fingerprint density at radius 3 is 2.81 bits per heavy atom. The van der Waals surface area contributed by atoms with Gasteiger partial charge in [-0.3, -0.25) is 0 Å². The standard InChI is InChI=1S/C13H15N3/c1-2-5-10(6-3-1)13-15-9-12(16-13)11-7-4-8-14-11/h1-3,5-6,9,11,14H,4,7-8H2,(H,15,16). The summed E-state index contributed by atoms with van der Waals surface area (Å²) in [6, 6.07) is 10.7. The van der Waals surface area contributed by atoms with Crippen LogP contribution in [-0.2, 0) is 0 Å². The van der Waals surface area contributed by atoms with E-state index < -0.39 is 0 Å². The van der Waals surface area contributed by atoms with Gasteiger partial charge in [0.05, 0.1) is 11.9 Å². The summed E-state index contributed by atoms with van der Waals surface area (Å²) in [6.07, 6.45) is 4.41. The van der Waals surface area contributed by atoms with Crippen LogP contribution in [0.4, 0.5) is 0 Å². The highest BCUT2D eigenvalue weighted by atomic mass is 15.0. The number of hydrogen-bond donors (Lipinski definition) is 2. The average molecular weight is 213 g/mol. The highest BCUT2D eigenvalue weighted by Crippen LogP contribution is 2.23. The second-order valence-electron chi connectivity index (χ2n) is 4.20. The van der Waals surface area contributed by atoms with E-state index in [1.165, 1.54) is 18.5 Å². The molecule has 0 amide bonds. The first-order chi connectivity index (χ1) is 7.93. The lowest BCUT2D eigenvalue weighted by molar-refractivity contribution is 0.632. The van der Waals surface area contributed by atoms with Crippen molar-refractivity contribution in [1.82, 2.24) is 15.3 Å². The molecule has 1 aliphatic rings. The molecule has 0 aliphatic carbocycles. The lowest BCUT2D eigenvalue weighted by Crippen LogP contribution is -2.12. The van der Waals surface area contributed by atoms with Crippen LogP contribution < -0.4 is 5.32 Å². The van der Waals surface area contributed by atoms with Gasteiger partial charge in [-0.05, 0) is 19.4 Å². The number of nitrogens with one attached hydrogen (secondary N) is 2. The Kier molecular flexibility index (Phi) is 2.46. The molecule has 16 heavy (non-hydrogen) atoms. The molecule has 1 atom stereocenters. The third-order valence-corrected chi connectivity index (χ3v) is 3.08. The van der Waals surface area contributed by atoms with Crippen LogP contribution in [0.3, 0.4) is 0 Å². The van der Waals surface area contributed by atoms with Crippen molar-refractivity contribution >= 4 is 0 Å². The fourth-order valence-electron chi connectivity index (χ4n) is 2.21. The molecular formula is C13H15N3. The maximum atomic E-state index is 4.44. The van der Waals surface area contributed by atoms with Gasteiger partial charge >= 0.3 is 0 Å². The summed E-state index contributed by atoms with van der Waals surface area (Å²) in [5.74, 6) is 0.962. The van der Waals surface area contributed by atoms with Crippen molar-refractivity contribution in [2.75, 3.05) is 6.54 Å². The fourth-order valence-corrected chi connectivity index (χ4v) is 2.21. The predicted molar refractivity (Wildman–Crippen MR) is 64.0 cm³/mol. The predicted octanol–water partition coefficient (Wildman–Crippen LogP) is 2.50. The van der Waals surface area contributed by atoms with Crippen LogP contribution in [0.25, 0.3) is 11.4 Å². The van der Waals surface area contributed by atoms with Crippen LogP contribution >= 0.6 is 0 Å². The molecule has 3 nitrogen and oxygen atoms in total. The summed E-state index contributed by atoms with van der Waals surface area (Å²) in [4.78, 5) is 7.83. The van der Waals surface area contributed by atoms with Gasteiger partial charge in [-0.25, -0.2) is 4.98 Å². The maximum Gasteiger partial charge on any atom is 0.137 e. The second-order valence-corrected chi connectivity index (χ2v) is 4.20. The lowest BCUT2D eigenvalue weighted by Gasteiger charge is -2.05. The molecule has 3 rings (SSSR count). The van der Waals surface area contributed by atoms with Crippen LogP contribution in [0.1, 0.15) is 24.6 Å². The first-order valence-electron chi connectivity index (χ1n) is 5.77. The number of imidazole rings is 1. The Bertz CT molecular complexity index is 455. The topological polar surface area (TPSA) is 40.7 Å². The maximum absolute atomic E-state index is 4.44. The number of hydrogen-bond acceptors (Lipinski definition) is 2. The van der Waals surface area contributed by atoms with E-state index in [0.29, 0.717) is 6.04 Å². The summed E-state index contributed by atoms with van der Waals surface area (Å²) in [7, 11) is 0. The first-order valence-corrected chi connectivity index (χ1v) is 5.77. The average Bonchev–Trinajstić information content (AvgIpc) is 3.01. The van der Waals surface area contributed by atoms with E-state index in [-0.39, 0.29) is 0 Å². The van der Waals surface area contributed by atoms with E-state index >= 15 is 0 Å². The molecule has 1 fully saturated rings. The summed E-state index contributed by atoms with van der Waals surface area (Å²) in [5, 5.41) is 3.47. The number of nitrogens with zero attached hydrogens (tertiary/aromatic N) is 1. The van der Waals surface area contributed by atoms with E-state index in [1.807, 2.05) is 24.4 Å². The fraction of sp³-hybridized carbons (Fsp3) is 0.308. The van der Waals surface area contributed by atoms with Crippen molar-refractivity contribution in [2.24, 2.45) is 0 Å². The molecule has 1 aliphatic heterocycles. The number of aromatic nitrogens is 2. The highest BCUT2D eigenvalue weighted by molar-refractivity contribution is 5.54. The highest BCUT2D eigenvalue weighted by Gasteiger charge is 2.18. The van der Waals surface area contributed by atoms with E-state index in [2.05, 4.69) is 27.4 Å². The van der Waals surface area contributed by atoms with Crippen LogP contribution in [0, 0.1) is 0 Å². The molecule has 1 aromatic heterocycles. The molecule has 2 aromatic rings. The molecule has 82 valence electrons. The zero-order chi connectivity index (χ0) is 10.8. The minimum absolute atomic E-state index is 0.463. The summed E-state index contributed by atoms with van der Waals surface area (Å²) in [6.45, 7) is 1.12. The van der Waals surface area contributed by atoms with Crippen molar-refractivity contribution in [2.45, 2.75) is 18.9 Å². The largest absolute Gasteiger partial charge is 0.341 e. The molecule has 1 unspecified atom stereocenters. The molecule has 0 spiro atoms. The van der Waals surface area contributed by atoms with E-state index in [9.17, 15) is 0 Å². The van der Waals surface area contributed by atoms with Crippen molar-refractivity contribution < 1.29 is 0 Å². The van der Waals surface area contributed by atoms with E-state index in [4.69, 9.17) is 0 Å². The van der Waals surface area contributed by atoms with E-state index in [0.717, 1.165) is 17.9 Å². The molecular weight excluding hydrogens is 198 g/mol. The SMILES string of the molecule is c1ccc(-c2ncc(C3CCCN3)[nH]2)cc1. The second kappa shape index (κ2) is 4.10. The molecule has 2 heterocycles. The van der Waals surface area contributed by atoms with Gasteiger partial charge in [0.1, 0.15) is 5.82 Å². The van der Waals surface area contributed by atoms with Crippen LogP contribution in [0.15, 0.2) is 36.5 Å². The van der Waals surface area contributed by atoms with Crippen molar-refractivity contribution in [3.63, 3.8) is 0 Å². The van der Waals surface area contributed by atoms with Crippen LogP contribution in [-0.4, -0.2) is 16.5 Å². The third kappa shape index (κ3) is 1.74. The van der Waals surface area contributed by atoms with Crippen LogP contribution in [0.5, 0.6) is 0 Å². The molecule has 0 bridgehead atoms. The number of benzene rings is 1. The normalized spacial score (nSPS) is 20.1. The Balaban J connectivity index is 1.87. The van der Waals surface area contributed by atoms with Gasteiger partial charge in [0.2, 0.25) is 0 Å². The molecule has 1 saturated heterocycles. The molecule has 2 N–H and O–H groups in total. The Morgan fingerprint density at radius 2 is 2.06 bits per heavy atom. The smallest absolute Gasteiger partial charge is 0.137 e. The lowest BCUT2D eigenvalue weighted by atomic mass is 10.2.